The van der Waals surface area contributed by atoms with Crippen LogP contribution in [0, 0.1) is 12.3 Å². The van der Waals surface area contributed by atoms with Crippen LogP contribution in [0.5, 0.6) is 0 Å². The Hall–Kier alpha value is -1.94. The van der Waals surface area contributed by atoms with Crippen molar-refractivity contribution >= 4 is 21.0 Å². The second-order valence-electron chi connectivity index (χ2n) is 8.04. The first-order chi connectivity index (χ1) is 12.4. The van der Waals surface area contributed by atoms with E-state index < -0.39 is 9.84 Å². The summed E-state index contributed by atoms with van der Waals surface area (Å²) in [6.45, 7) is 2.11. The molecule has 4 rings (SSSR count). The molecule has 2 aliphatic carbocycles. The summed E-state index contributed by atoms with van der Waals surface area (Å²) in [5, 5.41) is 0. The Balaban J connectivity index is 1.78. The number of hydrogen-bond donors (Lipinski definition) is 0. The van der Waals surface area contributed by atoms with Crippen molar-refractivity contribution in [3.8, 4) is 0 Å². The van der Waals surface area contributed by atoms with Gasteiger partial charge in [-0.3, -0.25) is 4.98 Å². The smallest absolute Gasteiger partial charge is 0.177 e. The molecule has 1 heterocycles. The fourth-order valence-corrected chi connectivity index (χ4v) is 5.12. The van der Waals surface area contributed by atoms with Gasteiger partial charge in [0.1, 0.15) is 0 Å². The molecule has 2 aliphatic rings. The zero-order valence-electron chi connectivity index (χ0n) is 15.5. The first kappa shape index (κ1) is 17.5. The molecule has 1 spiro atoms. The Kier molecular flexibility index (Phi) is 4.26. The maximum Gasteiger partial charge on any atom is 0.177 e. The summed E-state index contributed by atoms with van der Waals surface area (Å²) in [5.41, 5.74) is 6.55. The molecule has 0 radical (unpaired) electrons. The molecule has 1 aromatic carbocycles. The highest BCUT2D eigenvalue weighted by atomic mass is 32.2. The fraction of sp³-hybridized carbons (Fsp3) is 0.409. The van der Waals surface area contributed by atoms with Crippen LogP contribution in [0.4, 0.5) is 0 Å². The van der Waals surface area contributed by atoms with Crippen molar-refractivity contribution < 1.29 is 8.42 Å². The lowest BCUT2D eigenvalue weighted by Gasteiger charge is -2.23. The van der Waals surface area contributed by atoms with Gasteiger partial charge in [0.25, 0.3) is 0 Å². The second kappa shape index (κ2) is 6.34. The van der Waals surface area contributed by atoms with Crippen LogP contribution in [0.3, 0.4) is 0 Å². The summed E-state index contributed by atoms with van der Waals surface area (Å²) in [7, 11) is -3.21. The van der Waals surface area contributed by atoms with E-state index >= 15 is 0 Å². The molecule has 0 atom stereocenters. The van der Waals surface area contributed by atoms with Gasteiger partial charge in [-0.15, -0.1) is 0 Å². The van der Waals surface area contributed by atoms with E-state index in [4.69, 9.17) is 0 Å². The lowest BCUT2D eigenvalue weighted by atomic mass is 9.81. The summed E-state index contributed by atoms with van der Waals surface area (Å²) in [5.74, 6) is 0. The number of aromatic nitrogens is 1. The average Bonchev–Trinajstić information content (AvgIpc) is 3.22. The molecule has 0 saturated heterocycles. The van der Waals surface area contributed by atoms with Gasteiger partial charge in [0, 0.05) is 12.5 Å². The summed E-state index contributed by atoms with van der Waals surface area (Å²) in [6, 6.07) is 12.3. The molecule has 0 bridgehead atoms. The van der Waals surface area contributed by atoms with Crippen LogP contribution >= 0.6 is 0 Å². The van der Waals surface area contributed by atoms with Crippen molar-refractivity contribution in [3.05, 3.63) is 59.4 Å². The molecule has 136 valence electrons. The minimum absolute atomic E-state index is 0.285. The SMILES string of the molecule is Cc1ccc(C2=C(c3ccc(S(C)(=O)=O)cn3)CC3(CCCC3)C2)cc1. The summed E-state index contributed by atoms with van der Waals surface area (Å²) in [6.07, 6.45) is 10.1. The number of nitrogens with zero attached hydrogens (tertiary/aromatic N) is 1. The quantitative estimate of drug-likeness (QED) is 0.762. The maximum absolute atomic E-state index is 11.7. The van der Waals surface area contributed by atoms with E-state index in [0.717, 1.165) is 18.5 Å². The van der Waals surface area contributed by atoms with Crippen molar-refractivity contribution in [3.63, 3.8) is 0 Å². The third-order valence-corrected chi connectivity index (χ3v) is 7.10. The van der Waals surface area contributed by atoms with Crippen LogP contribution in [0.1, 0.15) is 55.3 Å². The number of pyridine rings is 1. The molecular formula is C22H25NO2S. The Morgan fingerprint density at radius 1 is 0.923 bits per heavy atom. The summed E-state index contributed by atoms with van der Waals surface area (Å²) >= 11 is 0. The maximum atomic E-state index is 11.7. The van der Waals surface area contributed by atoms with Crippen LogP contribution < -0.4 is 0 Å². The molecule has 0 aliphatic heterocycles. The molecule has 1 aromatic heterocycles. The predicted octanol–water partition coefficient (Wildman–Crippen LogP) is 5.06. The Bertz CT molecular complexity index is 948. The Labute approximate surface area is 156 Å². The fourth-order valence-electron chi connectivity index (χ4n) is 4.56. The van der Waals surface area contributed by atoms with E-state index in [1.54, 1.807) is 6.07 Å². The van der Waals surface area contributed by atoms with Crippen LogP contribution in [0.2, 0.25) is 0 Å². The molecule has 0 N–H and O–H groups in total. The second-order valence-corrected chi connectivity index (χ2v) is 10.1. The van der Waals surface area contributed by atoms with Crippen molar-refractivity contribution in [2.24, 2.45) is 5.41 Å². The van der Waals surface area contributed by atoms with Crippen LogP contribution in [-0.2, 0) is 9.84 Å². The highest BCUT2D eigenvalue weighted by molar-refractivity contribution is 7.90. The number of aryl methyl sites for hydroxylation is 1. The standard InChI is InChI=1S/C22H25NO2S/c1-16-5-7-17(8-6-16)19-13-22(11-3-4-12-22)14-20(19)21-10-9-18(15-23-21)26(2,24)25/h5-10,15H,3-4,11-14H2,1-2H3. The minimum atomic E-state index is -3.21. The first-order valence-corrected chi connectivity index (χ1v) is 11.2. The van der Waals surface area contributed by atoms with Gasteiger partial charge in [-0.1, -0.05) is 42.7 Å². The molecule has 0 unspecified atom stereocenters. The predicted molar refractivity (Wildman–Crippen MR) is 105 cm³/mol. The van der Waals surface area contributed by atoms with Crippen LogP contribution in [0.25, 0.3) is 11.1 Å². The van der Waals surface area contributed by atoms with Gasteiger partial charge >= 0.3 is 0 Å². The van der Waals surface area contributed by atoms with Gasteiger partial charge in [-0.25, -0.2) is 8.42 Å². The van der Waals surface area contributed by atoms with Gasteiger partial charge in [0.2, 0.25) is 0 Å². The Morgan fingerprint density at radius 3 is 2.15 bits per heavy atom. The van der Waals surface area contributed by atoms with Crippen molar-refractivity contribution in [2.45, 2.75) is 50.3 Å². The number of sulfone groups is 1. The van der Waals surface area contributed by atoms with Gasteiger partial charge < -0.3 is 0 Å². The van der Waals surface area contributed by atoms with E-state index in [0.29, 0.717) is 5.41 Å². The van der Waals surface area contributed by atoms with E-state index in [1.807, 2.05) is 6.07 Å². The highest BCUT2D eigenvalue weighted by Crippen LogP contribution is 2.57. The number of benzene rings is 1. The minimum Gasteiger partial charge on any atom is -0.255 e. The van der Waals surface area contributed by atoms with E-state index in [1.165, 1.54) is 60.4 Å². The molecule has 0 amide bonds. The van der Waals surface area contributed by atoms with Crippen molar-refractivity contribution in [2.75, 3.05) is 6.26 Å². The monoisotopic (exact) mass is 367 g/mol. The number of allylic oxidation sites excluding steroid dienone is 2. The van der Waals surface area contributed by atoms with E-state index in [-0.39, 0.29) is 4.90 Å². The molecule has 1 saturated carbocycles. The molecule has 26 heavy (non-hydrogen) atoms. The first-order valence-electron chi connectivity index (χ1n) is 9.32. The third kappa shape index (κ3) is 3.23. The third-order valence-electron chi connectivity index (χ3n) is 6.01. The molecule has 3 nitrogen and oxygen atoms in total. The van der Waals surface area contributed by atoms with Gasteiger partial charge in [0.05, 0.1) is 10.6 Å². The van der Waals surface area contributed by atoms with E-state index in [9.17, 15) is 8.42 Å². The summed E-state index contributed by atoms with van der Waals surface area (Å²) in [4.78, 5) is 4.82. The number of hydrogen-bond acceptors (Lipinski definition) is 3. The molecule has 2 aromatic rings. The Morgan fingerprint density at radius 2 is 1.58 bits per heavy atom. The van der Waals surface area contributed by atoms with Crippen LogP contribution in [0.15, 0.2) is 47.5 Å². The van der Waals surface area contributed by atoms with Gasteiger partial charge in [-0.05, 0) is 66.9 Å². The van der Waals surface area contributed by atoms with Gasteiger partial charge in [0.15, 0.2) is 9.84 Å². The number of rotatable bonds is 3. The zero-order chi connectivity index (χ0) is 18.4. The van der Waals surface area contributed by atoms with Crippen molar-refractivity contribution in [1.82, 2.24) is 4.98 Å². The lowest BCUT2D eigenvalue weighted by molar-refractivity contribution is 0.329. The molecule has 4 heteroatoms. The molecular weight excluding hydrogens is 342 g/mol. The lowest BCUT2D eigenvalue weighted by Crippen LogP contribution is -2.11. The van der Waals surface area contributed by atoms with Gasteiger partial charge in [-0.2, -0.15) is 0 Å². The van der Waals surface area contributed by atoms with Crippen molar-refractivity contribution in [1.29, 1.82) is 0 Å². The zero-order valence-corrected chi connectivity index (χ0v) is 16.3. The molecule has 1 fully saturated rings. The largest absolute Gasteiger partial charge is 0.255 e. The highest BCUT2D eigenvalue weighted by Gasteiger charge is 2.41. The topological polar surface area (TPSA) is 47.0 Å². The normalized spacial score (nSPS) is 19.5. The average molecular weight is 368 g/mol. The summed E-state index contributed by atoms with van der Waals surface area (Å²) < 4.78 is 23.5. The van der Waals surface area contributed by atoms with E-state index in [2.05, 4.69) is 36.2 Å². The van der Waals surface area contributed by atoms with Crippen LogP contribution in [-0.4, -0.2) is 19.7 Å².